The summed E-state index contributed by atoms with van der Waals surface area (Å²) in [4.78, 5) is 12.1. The van der Waals surface area contributed by atoms with Crippen molar-refractivity contribution in [3.63, 3.8) is 0 Å². The second-order valence-electron chi connectivity index (χ2n) is 5.21. The highest BCUT2D eigenvalue weighted by Gasteiger charge is 2.30. The minimum atomic E-state index is -0.474. The molecule has 2 aromatic rings. The fourth-order valence-corrected chi connectivity index (χ4v) is 2.68. The lowest BCUT2D eigenvalue weighted by Crippen LogP contribution is -2.20. The number of benzene rings is 2. The molecule has 0 radical (unpaired) electrons. The SMILES string of the molecule is CCCc1ccccc1NC1C(=O)Nc2cc(F)ccc21. The van der Waals surface area contributed by atoms with Gasteiger partial charge in [0.1, 0.15) is 11.9 Å². The monoisotopic (exact) mass is 284 g/mol. The predicted molar refractivity (Wildman–Crippen MR) is 81.8 cm³/mol. The van der Waals surface area contributed by atoms with Crippen LogP contribution < -0.4 is 10.6 Å². The van der Waals surface area contributed by atoms with E-state index in [4.69, 9.17) is 0 Å². The van der Waals surface area contributed by atoms with Crippen molar-refractivity contribution < 1.29 is 9.18 Å². The summed E-state index contributed by atoms with van der Waals surface area (Å²) in [7, 11) is 0. The highest BCUT2D eigenvalue weighted by atomic mass is 19.1. The van der Waals surface area contributed by atoms with Crippen molar-refractivity contribution in [2.45, 2.75) is 25.8 Å². The van der Waals surface area contributed by atoms with Gasteiger partial charge in [0, 0.05) is 16.9 Å². The predicted octanol–water partition coefficient (Wildman–Crippen LogP) is 3.88. The summed E-state index contributed by atoms with van der Waals surface area (Å²) in [5, 5.41) is 6.00. The lowest BCUT2D eigenvalue weighted by atomic mass is 10.0. The number of nitrogens with one attached hydrogen (secondary N) is 2. The van der Waals surface area contributed by atoms with Gasteiger partial charge in [0.25, 0.3) is 5.91 Å². The third-order valence-electron chi connectivity index (χ3n) is 3.68. The summed E-state index contributed by atoms with van der Waals surface area (Å²) < 4.78 is 13.2. The summed E-state index contributed by atoms with van der Waals surface area (Å²) >= 11 is 0. The molecule has 21 heavy (non-hydrogen) atoms. The van der Waals surface area contributed by atoms with Crippen molar-refractivity contribution in [2.24, 2.45) is 0 Å². The average Bonchev–Trinajstić information content (AvgIpc) is 2.76. The number of halogens is 1. The Labute approximate surface area is 123 Å². The second-order valence-corrected chi connectivity index (χ2v) is 5.21. The van der Waals surface area contributed by atoms with Gasteiger partial charge in [-0.1, -0.05) is 37.6 Å². The molecule has 1 aliphatic heterocycles. The maximum atomic E-state index is 13.2. The number of hydrogen-bond acceptors (Lipinski definition) is 2. The van der Waals surface area contributed by atoms with Gasteiger partial charge in [-0.25, -0.2) is 4.39 Å². The zero-order chi connectivity index (χ0) is 14.8. The smallest absolute Gasteiger partial charge is 0.251 e. The Morgan fingerprint density at radius 3 is 2.86 bits per heavy atom. The van der Waals surface area contributed by atoms with Crippen LogP contribution in [-0.2, 0) is 11.2 Å². The number of carbonyl (C=O) groups is 1. The van der Waals surface area contributed by atoms with Crippen LogP contribution in [0, 0.1) is 5.82 Å². The normalized spacial score (nSPS) is 16.5. The highest BCUT2D eigenvalue weighted by molar-refractivity contribution is 6.04. The van der Waals surface area contributed by atoms with Crippen molar-refractivity contribution in [3.05, 3.63) is 59.4 Å². The van der Waals surface area contributed by atoms with Gasteiger partial charge >= 0.3 is 0 Å². The molecule has 3 nitrogen and oxygen atoms in total. The average molecular weight is 284 g/mol. The first-order chi connectivity index (χ1) is 10.2. The van der Waals surface area contributed by atoms with E-state index in [1.807, 2.05) is 18.2 Å². The lowest BCUT2D eigenvalue weighted by Gasteiger charge is -2.16. The number of amides is 1. The van der Waals surface area contributed by atoms with Crippen molar-refractivity contribution >= 4 is 17.3 Å². The molecule has 0 aliphatic carbocycles. The van der Waals surface area contributed by atoms with Crippen LogP contribution in [0.3, 0.4) is 0 Å². The third kappa shape index (κ3) is 2.61. The Kier molecular flexibility index (Phi) is 3.60. The number of aryl methyl sites for hydroxylation is 1. The molecule has 2 aromatic carbocycles. The summed E-state index contributed by atoms with van der Waals surface area (Å²) in [5.41, 5.74) is 3.47. The van der Waals surface area contributed by atoms with E-state index in [2.05, 4.69) is 23.6 Å². The van der Waals surface area contributed by atoms with Crippen LogP contribution in [0.25, 0.3) is 0 Å². The molecule has 4 heteroatoms. The van der Waals surface area contributed by atoms with Crippen LogP contribution in [0.5, 0.6) is 0 Å². The minimum Gasteiger partial charge on any atom is -0.370 e. The molecule has 1 amide bonds. The second kappa shape index (κ2) is 5.56. The van der Waals surface area contributed by atoms with Crippen molar-refractivity contribution in [2.75, 3.05) is 10.6 Å². The van der Waals surface area contributed by atoms with E-state index < -0.39 is 6.04 Å². The van der Waals surface area contributed by atoms with Crippen molar-refractivity contribution in [1.29, 1.82) is 0 Å². The van der Waals surface area contributed by atoms with E-state index >= 15 is 0 Å². The highest BCUT2D eigenvalue weighted by Crippen LogP contribution is 2.34. The summed E-state index contributed by atoms with van der Waals surface area (Å²) in [5.74, 6) is -0.497. The van der Waals surface area contributed by atoms with E-state index in [1.54, 1.807) is 6.07 Å². The number of fused-ring (bicyclic) bond motifs is 1. The van der Waals surface area contributed by atoms with Gasteiger partial charge < -0.3 is 10.6 Å². The molecule has 108 valence electrons. The van der Waals surface area contributed by atoms with Crippen LogP contribution in [0.1, 0.15) is 30.5 Å². The maximum absolute atomic E-state index is 13.2. The lowest BCUT2D eigenvalue weighted by molar-refractivity contribution is -0.116. The fraction of sp³-hybridized carbons (Fsp3) is 0.235. The molecule has 2 N–H and O–H groups in total. The standard InChI is InChI=1S/C17H17FN2O/c1-2-5-11-6-3-4-7-14(11)19-16-13-9-8-12(18)10-15(13)20-17(16)21/h3-4,6-10,16,19H,2,5H2,1H3,(H,20,21). The number of carbonyl (C=O) groups excluding carboxylic acids is 1. The summed E-state index contributed by atoms with van der Waals surface area (Å²) in [6, 6.07) is 11.9. The molecule has 1 atom stereocenters. The third-order valence-corrected chi connectivity index (χ3v) is 3.68. The largest absolute Gasteiger partial charge is 0.370 e. The van der Waals surface area contributed by atoms with Crippen molar-refractivity contribution in [3.8, 4) is 0 Å². The molecule has 0 spiro atoms. The zero-order valence-corrected chi connectivity index (χ0v) is 11.8. The van der Waals surface area contributed by atoms with Gasteiger partial charge in [-0.15, -0.1) is 0 Å². The number of anilines is 2. The van der Waals surface area contributed by atoms with E-state index in [0.717, 1.165) is 24.1 Å². The number of rotatable bonds is 4. The molecule has 0 aromatic heterocycles. The van der Waals surface area contributed by atoms with Gasteiger partial charge in [-0.3, -0.25) is 4.79 Å². The van der Waals surface area contributed by atoms with E-state index in [1.165, 1.54) is 17.7 Å². The molecule has 0 fully saturated rings. The zero-order valence-electron chi connectivity index (χ0n) is 11.8. The Hall–Kier alpha value is -2.36. The molecular weight excluding hydrogens is 267 g/mol. The first-order valence-corrected chi connectivity index (χ1v) is 7.14. The molecule has 0 saturated heterocycles. The Morgan fingerprint density at radius 2 is 2.05 bits per heavy atom. The van der Waals surface area contributed by atoms with Gasteiger partial charge in [-0.05, 0) is 30.2 Å². The Bertz CT molecular complexity index is 684. The Morgan fingerprint density at radius 1 is 1.24 bits per heavy atom. The van der Waals surface area contributed by atoms with Gasteiger partial charge in [0.05, 0.1) is 0 Å². The van der Waals surface area contributed by atoms with Gasteiger partial charge in [0.2, 0.25) is 0 Å². The van der Waals surface area contributed by atoms with Gasteiger partial charge in [0.15, 0.2) is 0 Å². The van der Waals surface area contributed by atoms with Crippen LogP contribution in [0.15, 0.2) is 42.5 Å². The Balaban J connectivity index is 1.91. The van der Waals surface area contributed by atoms with E-state index in [0.29, 0.717) is 5.69 Å². The van der Waals surface area contributed by atoms with Crippen LogP contribution in [-0.4, -0.2) is 5.91 Å². The van der Waals surface area contributed by atoms with E-state index in [-0.39, 0.29) is 11.7 Å². The topological polar surface area (TPSA) is 41.1 Å². The molecule has 3 rings (SSSR count). The van der Waals surface area contributed by atoms with E-state index in [9.17, 15) is 9.18 Å². The van der Waals surface area contributed by atoms with Gasteiger partial charge in [-0.2, -0.15) is 0 Å². The summed E-state index contributed by atoms with van der Waals surface area (Å²) in [6.07, 6.45) is 1.99. The molecule has 0 saturated carbocycles. The minimum absolute atomic E-state index is 0.151. The van der Waals surface area contributed by atoms with Crippen LogP contribution in [0.4, 0.5) is 15.8 Å². The molecule has 0 bridgehead atoms. The molecule has 1 unspecified atom stereocenters. The number of para-hydroxylation sites is 1. The first-order valence-electron chi connectivity index (χ1n) is 7.14. The molecule has 1 heterocycles. The first kappa shape index (κ1) is 13.6. The van der Waals surface area contributed by atoms with Crippen molar-refractivity contribution in [1.82, 2.24) is 0 Å². The molecular formula is C17H17FN2O. The summed E-state index contributed by atoms with van der Waals surface area (Å²) in [6.45, 7) is 2.12. The quantitative estimate of drug-likeness (QED) is 0.894. The number of hydrogen-bond donors (Lipinski definition) is 2. The fourth-order valence-electron chi connectivity index (χ4n) is 2.68. The molecule has 1 aliphatic rings. The van der Waals surface area contributed by atoms with Crippen LogP contribution >= 0.6 is 0 Å². The van der Waals surface area contributed by atoms with Crippen LogP contribution in [0.2, 0.25) is 0 Å². The maximum Gasteiger partial charge on any atom is 0.251 e.